The van der Waals surface area contributed by atoms with Crippen LogP contribution in [0.2, 0.25) is 0 Å². The zero-order chi connectivity index (χ0) is 10.4. The van der Waals surface area contributed by atoms with Crippen LogP contribution in [0, 0.1) is 6.92 Å². The number of aryl methyl sites for hydroxylation is 1. The second-order valence-corrected chi connectivity index (χ2v) is 3.88. The number of amides is 1. The first-order valence-electron chi connectivity index (χ1n) is 4.15. The van der Waals surface area contributed by atoms with E-state index in [0.717, 1.165) is 9.88 Å². The number of thiazole rings is 1. The Labute approximate surface area is 85.7 Å². The number of alkyl carbamates (subject to hydrolysis) is 1. The standard InChI is InChI=1S/C8H12N2O3S/c1-6-9-4-7(14-6)5-10-8(12)13-3-2-11/h4,11H,2-3,5H2,1H3,(H,10,12). The largest absolute Gasteiger partial charge is 0.447 e. The summed E-state index contributed by atoms with van der Waals surface area (Å²) in [6.45, 7) is 2.18. The predicted octanol–water partition coefficient (Wildman–Crippen LogP) is 0.670. The van der Waals surface area contributed by atoms with Crippen molar-refractivity contribution in [2.45, 2.75) is 13.5 Å². The summed E-state index contributed by atoms with van der Waals surface area (Å²) in [5, 5.41) is 11.9. The molecule has 0 spiro atoms. The van der Waals surface area contributed by atoms with E-state index in [1.165, 1.54) is 11.3 Å². The minimum Gasteiger partial charge on any atom is -0.447 e. The van der Waals surface area contributed by atoms with Crippen LogP contribution in [0.25, 0.3) is 0 Å². The minimum absolute atomic E-state index is 0.0214. The van der Waals surface area contributed by atoms with Crippen LogP contribution >= 0.6 is 11.3 Å². The molecule has 78 valence electrons. The first kappa shape index (κ1) is 10.9. The molecule has 0 saturated heterocycles. The highest BCUT2D eigenvalue weighted by molar-refractivity contribution is 7.11. The van der Waals surface area contributed by atoms with Crippen molar-refractivity contribution in [3.05, 3.63) is 16.1 Å². The summed E-state index contributed by atoms with van der Waals surface area (Å²) in [6.07, 6.45) is 1.19. The average molecular weight is 216 g/mol. The van der Waals surface area contributed by atoms with E-state index in [0.29, 0.717) is 6.54 Å². The number of carbonyl (C=O) groups excluding carboxylic acids is 1. The first-order valence-corrected chi connectivity index (χ1v) is 4.97. The highest BCUT2D eigenvalue weighted by Crippen LogP contribution is 2.10. The Kier molecular flexibility index (Phi) is 4.34. The molecule has 1 amide bonds. The van der Waals surface area contributed by atoms with Gasteiger partial charge in [-0.05, 0) is 6.92 Å². The molecule has 0 unspecified atom stereocenters. The van der Waals surface area contributed by atoms with E-state index < -0.39 is 6.09 Å². The average Bonchev–Trinajstić information content (AvgIpc) is 2.58. The van der Waals surface area contributed by atoms with Gasteiger partial charge in [-0.1, -0.05) is 0 Å². The van der Waals surface area contributed by atoms with E-state index in [-0.39, 0.29) is 13.2 Å². The summed E-state index contributed by atoms with van der Waals surface area (Å²) in [5.74, 6) is 0. The normalized spacial score (nSPS) is 9.86. The predicted molar refractivity (Wildman–Crippen MR) is 52.1 cm³/mol. The number of rotatable bonds is 4. The Morgan fingerprint density at radius 2 is 2.57 bits per heavy atom. The van der Waals surface area contributed by atoms with Crippen molar-refractivity contribution in [1.29, 1.82) is 0 Å². The second-order valence-electron chi connectivity index (χ2n) is 2.56. The van der Waals surface area contributed by atoms with Crippen LogP contribution in [-0.4, -0.2) is 29.4 Å². The molecule has 0 aliphatic rings. The number of aliphatic hydroxyl groups excluding tert-OH is 1. The van der Waals surface area contributed by atoms with Gasteiger partial charge in [0.25, 0.3) is 0 Å². The van der Waals surface area contributed by atoms with Gasteiger partial charge in [0.15, 0.2) is 0 Å². The molecule has 0 radical (unpaired) electrons. The third-order valence-corrected chi connectivity index (χ3v) is 2.31. The van der Waals surface area contributed by atoms with Gasteiger partial charge in [-0.15, -0.1) is 11.3 Å². The molecule has 0 saturated carbocycles. The van der Waals surface area contributed by atoms with Crippen molar-refractivity contribution in [3.8, 4) is 0 Å². The van der Waals surface area contributed by atoms with Crippen molar-refractivity contribution in [3.63, 3.8) is 0 Å². The molecule has 1 aromatic heterocycles. The lowest BCUT2D eigenvalue weighted by Crippen LogP contribution is -2.24. The molecule has 5 nitrogen and oxygen atoms in total. The number of hydrogen-bond donors (Lipinski definition) is 2. The zero-order valence-electron chi connectivity index (χ0n) is 7.82. The highest BCUT2D eigenvalue weighted by atomic mass is 32.1. The smallest absolute Gasteiger partial charge is 0.407 e. The maximum atomic E-state index is 10.9. The third kappa shape index (κ3) is 3.71. The number of nitrogens with zero attached hydrogens (tertiary/aromatic N) is 1. The van der Waals surface area contributed by atoms with Crippen LogP contribution in [0.3, 0.4) is 0 Å². The summed E-state index contributed by atoms with van der Waals surface area (Å²) >= 11 is 1.52. The Hall–Kier alpha value is -1.14. The highest BCUT2D eigenvalue weighted by Gasteiger charge is 2.02. The van der Waals surface area contributed by atoms with Crippen LogP contribution in [0.15, 0.2) is 6.20 Å². The number of carbonyl (C=O) groups is 1. The van der Waals surface area contributed by atoms with E-state index in [2.05, 4.69) is 15.0 Å². The van der Waals surface area contributed by atoms with Crippen molar-refractivity contribution >= 4 is 17.4 Å². The molecule has 0 aliphatic heterocycles. The molecule has 0 atom stereocenters. The topological polar surface area (TPSA) is 71.5 Å². The third-order valence-electron chi connectivity index (χ3n) is 1.40. The summed E-state index contributed by atoms with van der Waals surface area (Å²) in [5.41, 5.74) is 0. The van der Waals surface area contributed by atoms with E-state index >= 15 is 0 Å². The molecule has 14 heavy (non-hydrogen) atoms. The SMILES string of the molecule is Cc1ncc(CNC(=O)OCCO)s1. The molecule has 6 heteroatoms. The Morgan fingerprint density at radius 1 is 1.79 bits per heavy atom. The van der Waals surface area contributed by atoms with Crippen molar-refractivity contribution in [2.75, 3.05) is 13.2 Å². The van der Waals surface area contributed by atoms with Crippen LogP contribution < -0.4 is 5.32 Å². The van der Waals surface area contributed by atoms with Gasteiger partial charge in [0, 0.05) is 11.1 Å². The lowest BCUT2D eigenvalue weighted by Gasteiger charge is -2.03. The van der Waals surface area contributed by atoms with E-state index in [9.17, 15) is 4.79 Å². The van der Waals surface area contributed by atoms with Gasteiger partial charge in [0.05, 0.1) is 18.2 Å². The summed E-state index contributed by atoms with van der Waals surface area (Å²) in [6, 6.07) is 0. The number of aliphatic hydroxyl groups is 1. The van der Waals surface area contributed by atoms with E-state index in [1.54, 1.807) is 6.20 Å². The molecule has 1 heterocycles. The van der Waals surface area contributed by atoms with E-state index in [4.69, 9.17) is 5.11 Å². The quantitative estimate of drug-likeness (QED) is 0.776. The lowest BCUT2D eigenvalue weighted by atomic mass is 10.5. The Morgan fingerprint density at radius 3 is 3.14 bits per heavy atom. The van der Waals surface area contributed by atoms with Gasteiger partial charge in [-0.3, -0.25) is 0 Å². The van der Waals surface area contributed by atoms with Gasteiger partial charge < -0.3 is 15.2 Å². The lowest BCUT2D eigenvalue weighted by molar-refractivity contribution is 0.119. The molecule has 0 aliphatic carbocycles. The van der Waals surface area contributed by atoms with Crippen LogP contribution in [0.4, 0.5) is 4.79 Å². The number of aromatic nitrogens is 1. The van der Waals surface area contributed by atoms with Gasteiger partial charge in [0.2, 0.25) is 0 Å². The van der Waals surface area contributed by atoms with Crippen molar-refractivity contribution < 1.29 is 14.6 Å². The van der Waals surface area contributed by atoms with Gasteiger partial charge in [-0.2, -0.15) is 0 Å². The summed E-state index contributed by atoms with van der Waals surface area (Å²) < 4.78 is 4.60. The fourth-order valence-electron chi connectivity index (χ4n) is 0.836. The first-order chi connectivity index (χ1) is 6.72. The van der Waals surface area contributed by atoms with Crippen molar-refractivity contribution in [2.24, 2.45) is 0 Å². The van der Waals surface area contributed by atoms with Gasteiger partial charge in [-0.25, -0.2) is 9.78 Å². The fourth-order valence-corrected chi connectivity index (χ4v) is 1.57. The molecule has 1 aromatic rings. The molecule has 2 N–H and O–H groups in total. The van der Waals surface area contributed by atoms with Gasteiger partial charge in [0.1, 0.15) is 6.61 Å². The van der Waals surface area contributed by atoms with E-state index in [1.807, 2.05) is 6.92 Å². The molecular weight excluding hydrogens is 204 g/mol. The minimum atomic E-state index is -0.523. The number of ether oxygens (including phenoxy) is 1. The van der Waals surface area contributed by atoms with Crippen LogP contribution in [-0.2, 0) is 11.3 Å². The van der Waals surface area contributed by atoms with Crippen LogP contribution in [0.1, 0.15) is 9.88 Å². The molecule has 1 rings (SSSR count). The molecule has 0 fully saturated rings. The summed E-state index contributed by atoms with van der Waals surface area (Å²) in [4.78, 5) is 15.9. The van der Waals surface area contributed by atoms with Crippen molar-refractivity contribution in [1.82, 2.24) is 10.3 Å². The maximum absolute atomic E-state index is 10.9. The molecule has 0 bridgehead atoms. The zero-order valence-corrected chi connectivity index (χ0v) is 8.63. The monoisotopic (exact) mass is 216 g/mol. The molecular formula is C8H12N2O3S. The molecule has 0 aromatic carbocycles. The Balaban J connectivity index is 2.23. The number of hydrogen-bond acceptors (Lipinski definition) is 5. The fraction of sp³-hybridized carbons (Fsp3) is 0.500. The second kappa shape index (κ2) is 5.56. The van der Waals surface area contributed by atoms with Gasteiger partial charge >= 0.3 is 6.09 Å². The van der Waals surface area contributed by atoms with Crippen LogP contribution in [0.5, 0.6) is 0 Å². The summed E-state index contributed by atoms with van der Waals surface area (Å²) in [7, 11) is 0. The Bertz CT molecular complexity index is 301. The number of nitrogens with one attached hydrogen (secondary N) is 1. The maximum Gasteiger partial charge on any atom is 0.407 e.